The van der Waals surface area contributed by atoms with Crippen molar-refractivity contribution < 1.29 is 0 Å². The molecule has 10 heteroatoms. The zero-order valence-electron chi connectivity index (χ0n) is 21.9. The number of hydrogen-bond acceptors (Lipinski definition) is 8. The minimum Gasteiger partial charge on any atom is -0.323 e. The fourth-order valence-corrected chi connectivity index (χ4v) is 4.23. The van der Waals surface area contributed by atoms with E-state index < -0.39 is 0 Å². The molecule has 1 aliphatic rings. The minimum atomic E-state index is 0.488. The number of rotatable bonds is 7. The van der Waals surface area contributed by atoms with E-state index in [-0.39, 0.29) is 0 Å². The summed E-state index contributed by atoms with van der Waals surface area (Å²) in [6.45, 7) is 8.18. The lowest BCUT2D eigenvalue weighted by molar-refractivity contribution is 0.745. The first-order chi connectivity index (χ1) is 18.4. The van der Waals surface area contributed by atoms with Crippen molar-refractivity contribution in [1.82, 2.24) is 29.5 Å². The monoisotopic (exact) mass is 506 g/mol. The van der Waals surface area contributed by atoms with E-state index in [1.807, 2.05) is 94.7 Å². The molecule has 3 heterocycles. The van der Waals surface area contributed by atoms with Gasteiger partial charge in [0.15, 0.2) is 0 Å². The first-order valence-corrected chi connectivity index (χ1v) is 12.2. The van der Waals surface area contributed by atoms with Crippen LogP contribution in [0.2, 0.25) is 0 Å². The summed E-state index contributed by atoms with van der Waals surface area (Å²) in [5.41, 5.74) is 5.61. The lowest BCUT2D eigenvalue weighted by atomic mass is 10.0. The van der Waals surface area contributed by atoms with Gasteiger partial charge in [0, 0.05) is 49.0 Å². The van der Waals surface area contributed by atoms with Gasteiger partial charge in [-0.15, -0.1) is 10.2 Å². The first-order valence-electron chi connectivity index (χ1n) is 12.2. The Labute approximate surface area is 221 Å². The van der Waals surface area contributed by atoms with Crippen LogP contribution >= 0.6 is 0 Å². The average molecular weight is 507 g/mol. The molecule has 192 valence electrons. The summed E-state index contributed by atoms with van der Waals surface area (Å²) in [6.07, 6.45) is 4.74. The van der Waals surface area contributed by atoms with Gasteiger partial charge in [0.25, 0.3) is 0 Å². The van der Waals surface area contributed by atoms with E-state index >= 15 is 0 Å². The highest BCUT2D eigenvalue weighted by atomic mass is 15.5. The summed E-state index contributed by atoms with van der Waals surface area (Å²) in [5, 5.41) is 15.5. The molecule has 10 nitrogen and oxygen atoms in total. The van der Waals surface area contributed by atoms with Gasteiger partial charge in [-0.05, 0) is 55.8 Å². The van der Waals surface area contributed by atoms with Crippen molar-refractivity contribution in [1.29, 1.82) is 0 Å². The Morgan fingerprint density at radius 2 is 1.47 bits per heavy atom. The highest BCUT2D eigenvalue weighted by Crippen LogP contribution is 2.32. The fraction of sp³-hybridized carbons (Fsp3) is 0.179. The number of allylic oxidation sites excluding steroid dienone is 4. The summed E-state index contributed by atoms with van der Waals surface area (Å²) in [6, 6.07) is 19.7. The van der Waals surface area contributed by atoms with Crippen LogP contribution in [-0.2, 0) is 14.1 Å². The largest absolute Gasteiger partial charge is 0.323 e. The standard InChI is InChI=1S/C28H30N10/c1-19-16-21(3)38(28-33-26(35-37(28)5)31-23-14-10-7-11-15-23)24(17-19)18-20(2)29-27-32-25(34-36(27)4)30-22-12-8-6-9-13-22/h6-16,18H,1,17H2,2-5H3,(H,30,34)(H,31,35)/b24-18-,29-20+. The molecule has 38 heavy (non-hydrogen) atoms. The molecule has 1 aliphatic heterocycles. The molecule has 0 radical (unpaired) electrons. The number of hydrogen-bond donors (Lipinski definition) is 2. The Morgan fingerprint density at radius 1 is 0.895 bits per heavy atom. The smallest absolute Gasteiger partial charge is 0.249 e. The van der Waals surface area contributed by atoms with Gasteiger partial charge in [-0.3, -0.25) is 4.90 Å². The normalized spacial score (nSPS) is 15.1. The molecule has 0 spiro atoms. The zero-order chi connectivity index (χ0) is 26.6. The molecule has 0 bridgehead atoms. The Morgan fingerprint density at radius 3 is 2.11 bits per heavy atom. The molecule has 0 saturated heterocycles. The predicted octanol–water partition coefficient (Wildman–Crippen LogP) is 5.78. The Kier molecular flexibility index (Phi) is 6.86. The van der Waals surface area contributed by atoms with Crippen LogP contribution in [-0.4, -0.2) is 35.2 Å². The van der Waals surface area contributed by atoms with Crippen LogP contribution in [0, 0.1) is 0 Å². The average Bonchev–Trinajstić information content (AvgIpc) is 3.40. The number of para-hydroxylation sites is 2. The highest BCUT2D eigenvalue weighted by Gasteiger charge is 2.24. The van der Waals surface area contributed by atoms with Crippen LogP contribution in [0.1, 0.15) is 20.3 Å². The topological polar surface area (TPSA) is 101 Å². The Balaban J connectivity index is 1.42. The molecule has 2 N–H and O–H groups in total. The van der Waals surface area contributed by atoms with Crippen LogP contribution in [0.15, 0.2) is 101 Å². The molecule has 5 rings (SSSR count). The van der Waals surface area contributed by atoms with E-state index in [0.29, 0.717) is 30.2 Å². The molecular formula is C28H30N10. The number of nitrogens with one attached hydrogen (secondary N) is 2. The lowest BCUT2D eigenvalue weighted by Crippen LogP contribution is -2.27. The molecule has 0 fully saturated rings. The van der Waals surface area contributed by atoms with Crippen LogP contribution in [0.25, 0.3) is 0 Å². The summed E-state index contributed by atoms with van der Waals surface area (Å²) < 4.78 is 3.42. The number of aromatic nitrogens is 6. The number of aryl methyl sites for hydroxylation is 2. The SMILES string of the molecule is C=C1C=C(C)N(c2nc(Nc3ccccc3)nn2C)/C(=C\C(C)=N\c2nc(Nc3ccccc3)nn2C)C1. The third kappa shape index (κ3) is 5.54. The van der Waals surface area contributed by atoms with Crippen LogP contribution in [0.3, 0.4) is 0 Å². The van der Waals surface area contributed by atoms with Crippen LogP contribution in [0.4, 0.5) is 35.2 Å². The molecule has 0 aliphatic carbocycles. The van der Waals surface area contributed by atoms with Crippen molar-refractivity contribution in [3.63, 3.8) is 0 Å². The van der Waals surface area contributed by atoms with Gasteiger partial charge in [0.2, 0.25) is 23.8 Å². The minimum absolute atomic E-state index is 0.488. The van der Waals surface area contributed by atoms with Crippen molar-refractivity contribution in [2.24, 2.45) is 19.1 Å². The van der Waals surface area contributed by atoms with Crippen molar-refractivity contribution in [2.45, 2.75) is 20.3 Å². The molecule has 2 aromatic carbocycles. The second-order valence-corrected chi connectivity index (χ2v) is 9.05. The summed E-state index contributed by atoms with van der Waals surface area (Å²) in [7, 11) is 3.71. The van der Waals surface area contributed by atoms with Crippen LogP contribution in [0.5, 0.6) is 0 Å². The van der Waals surface area contributed by atoms with Gasteiger partial charge < -0.3 is 10.6 Å². The number of nitrogens with zero attached hydrogens (tertiary/aromatic N) is 8. The fourth-order valence-electron chi connectivity index (χ4n) is 4.23. The Hall–Kier alpha value is -4.99. The molecule has 0 atom stereocenters. The van der Waals surface area contributed by atoms with Gasteiger partial charge in [-0.25, -0.2) is 14.4 Å². The van der Waals surface area contributed by atoms with Crippen molar-refractivity contribution in [3.8, 4) is 0 Å². The maximum absolute atomic E-state index is 4.78. The molecule has 2 aromatic heterocycles. The highest BCUT2D eigenvalue weighted by molar-refractivity contribution is 5.95. The Bertz CT molecular complexity index is 1540. The quantitative estimate of drug-likeness (QED) is 0.307. The van der Waals surface area contributed by atoms with E-state index in [2.05, 4.69) is 43.4 Å². The maximum atomic E-state index is 4.78. The zero-order valence-corrected chi connectivity index (χ0v) is 21.9. The van der Waals surface area contributed by atoms with Crippen molar-refractivity contribution in [2.75, 3.05) is 15.5 Å². The van der Waals surface area contributed by atoms with Gasteiger partial charge in [-0.1, -0.05) is 43.0 Å². The summed E-state index contributed by atoms with van der Waals surface area (Å²) >= 11 is 0. The van der Waals surface area contributed by atoms with E-state index in [1.54, 1.807) is 9.36 Å². The second kappa shape index (κ2) is 10.6. The van der Waals surface area contributed by atoms with E-state index in [9.17, 15) is 0 Å². The van der Waals surface area contributed by atoms with Gasteiger partial charge in [0.1, 0.15) is 0 Å². The van der Waals surface area contributed by atoms with E-state index in [0.717, 1.165) is 34.1 Å². The number of anilines is 5. The van der Waals surface area contributed by atoms with E-state index in [1.165, 1.54) is 0 Å². The molecule has 4 aromatic rings. The van der Waals surface area contributed by atoms with Crippen molar-refractivity contribution >= 4 is 40.9 Å². The van der Waals surface area contributed by atoms with Gasteiger partial charge in [0.05, 0.1) is 0 Å². The molecule has 0 amide bonds. The lowest BCUT2D eigenvalue weighted by Gasteiger charge is -2.30. The van der Waals surface area contributed by atoms with E-state index in [4.69, 9.17) is 9.98 Å². The summed E-state index contributed by atoms with van der Waals surface area (Å²) in [5.74, 6) is 2.20. The van der Waals surface area contributed by atoms with Crippen LogP contribution < -0.4 is 15.5 Å². The molecule has 0 unspecified atom stereocenters. The maximum Gasteiger partial charge on any atom is 0.249 e. The third-order valence-corrected chi connectivity index (χ3v) is 5.85. The van der Waals surface area contributed by atoms with Crippen molar-refractivity contribution in [3.05, 3.63) is 96.4 Å². The first kappa shape index (κ1) is 24.7. The predicted molar refractivity (Wildman–Crippen MR) is 152 cm³/mol. The summed E-state index contributed by atoms with van der Waals surface area (Å²) in [4.78, 5) is 16.1. The molecular weight excluding hydrogens is 476 g/mol. The third-order valence-electron chi connectivity index (χ3n) is 5.85. The van der Waals surface area contributed by atoms with Gasteiger partial charge in [-0.2, -0.15) is 9.97 Å². The van der Waals surface area contributed by atoms with Gasteiger partial charge >= 0.3 is 0 Å². The number of benzene rings is 2. The molecule has 0 saturated carbocycles. The second-order valence-electron chi connectivity index (χ2n) is 9.05. The number of aliphatic imine (C=N–C) groups is 1.